The Bertz CT molecular complexity index is 334. The monoisotopic (exact) mass is 281 g/mol. The number of rotatable bonds is 4. The third kappa shape index (κ3) is 5.06. The van der Waals surface area contributed by atoms with Crippen LogP contribution in [0.5, 0.6) is 0 Å². The van der Waals surface area contributed by atoms with E-state index in [1.165, 1.54) is 0 Å². The highest BCUT2D eigenvalue weighted by Gasteiger charge is 2.45. The molecule has 4 N–H and O–H groups in total. The predicted molar refractivity (Wildman–Crippen MR) is 62.0 cm³/mol. The zero-order valence-electron chi connectivity index (χ0n) is 10.4. The quantitative estimate of drug-likeness (QED) is 0.693. The predicted octanol–water partition coefficient (Wildman–Crippen LogP) is 0.299. The second kappa shape index (κ2) is 6.74. The average Bonchev–Trinajstić information content (AvgIpc) is 2.35. The van der Waals surface area contributed by atoms with Crippen LogP contribution in [0, 0.1) is 5.92 Å². The lowest BCUT2D eigenvalue weighted by molar-refractivity contribution is -0.189. The first-order chi connectivity index (χ1) is 8.84. The Labute approximate surface area is 109 Å². The highest BCUT2D eigenvalue weighted by Crippen LogP contribution is 2.37. The number of carbonyl (C=O) groups is 2. The van der Waals surface area contributed by atoms with Crippen LogP contribution in [0.4, 0.5) is 13.2 Å². The molecule has 1 fully saturated rings. The van der Waals surface area contributed by atoms with Crippen molar-refractivity contribution in [1.29, 1.82) is 0 Å². The number of alkyl halides is 3. The molecule has 0 bridgehead atoms. The van der Waals surface area contributed by atoms with Gasteiger partial charge in [-0.15, -0.1) is 0 Å². The minimum Gasteiger partial charge on any atom is -0.351 e. The van der Waals surface area contributed by atoms with Crippen molar-refractivity contribution in [3.05, 3.63) is 0 Å². The maximum absolute atomic E-state index is 12.8. The van der Waals surface area contributed by atoms with Crippen molar-refractivity contribution >= 4 is 11.8 Å². The maximum Gasteiger partial charge on any atom is 0.393 e. The number of carbonyl (C=O) groups excluding carboxylic acids is 2. The summed E-state index contributed by atoms with van der Waals surface area (Å²) in [6.45, 7) is -0.612. The summed E-state index contributed by atoms with van der Waals surface area (Å²) < 4.78 is 38.3. The third-order valence-corrected chi connectivity index (χ3v) is 3.16. The number of hydrogen-bond acceptors (Lipinski definition) is 3. The number of nitrogens with two attached hydrogens (primary N) is 1. The van der Waals surface area contributed by atoms with Crippen LogP contribution < -0.4 is 16.4 Å². The molecular weight excluding hydrogens is 263 g/mol. The summed E-state index contributed by atoms with van der Waals surface area (Å²) in [7, 11) is 0. The van der Waals surface area contributed by atoms with Crippen LogP contribution in [-0.4, -0.2) is 37.1 Å². The largest absolute Gasteiger partial charge is 0.393 e. The van der Waals surface area contributed by atoms with Crippen LogP contribution in [0.3, 0.4) is 0 Å². The van der Waals surface area contributed by atoms with Crippen molar-refractivity contribution < 1.29 is 22.8 Å². The van der Waals surface area contributed by atoms with Crippen molar-refractivity contribution in [3.63, 3.8) is 0 Å². The van der Waals surface area contributed by atoms with Crippen molar-refractivity contribution in [1.82, 2.24) is 10.6 Å². The number of amides is 2. The van der Waals surface area contributed by atoms with Gasteiger partial charge in [0.2, 0.25) is 11.8 Å². The Balaban J connectivity index is 2.48. The van der Waals surface area contributed by atoms with Gasteiger partial charge in [-0.05, 0) is 12.8 Å². The van der Waals surface area contributed by atoms with Gasteiger partial charge in [0, 0.05) is 6.04 Å². The molecule has 1 aliphatic carbocycles. The first-order valence-corrected chi connectivity index (χ1v) is 6.17. The molecule has 0 aromatic heterocycles. The van der Waals surface area contributed by atoms with Gasteiger partial charge in [0.15, 0.2) is 0 Å². The van der Waals surface area contributed by atoms with E-state index >= 15 is 0 Å². The van der Waals surface area contributed by atoms with Crippen LogP contribution in [0.2, 0.25) is 0 Å². The van der Waals surface area contributed by atoms with Crippen molar-refractivity contribution in [2.45, 2.75) is 37.9 Å². The van der Waals surface area contributed by atoms with Gasteiger partial charge >= 0.3 is 6.18 Å². The molecule has 8 heteroatoms. The zero-order valence-corrected chi connectivity index (χ0v) is 10.4. The molecule has 2 atom stereocenters. The number of nitrogens with one attached hydrogen (secondary N) is 2. The summed E-state index contributed by atoms with van der Waals surface area (Å²) in [5.41, 5.74) is 5.03. The fraction of sp³-hybridized carbons (Fsp3) is 0.818. The van der Waals surface area contributed by atoms with E-state index in [1.54, 1.807) is 0 Å². The molecule has 1 rings (SSSR count). The zero-order chi connectivity index (χ0) is 14.5. The topological polar surface area (TPSA) is 84.2 Å². The molecule has 0 aliphatic heterocycles. The van der Waals surface area contributed by atoms with Gasteiger partial charge in [0.25, 0.3) is 0 Å². The van der Waals surface area contributed by atoms with E-state index in [0.29, 0.717) is 19.3 Å². The van der Waals surface area contributed by atoms with E-state index in [-0.39, 0.29) is 19.5 Å². The van der Waals surface area contributed by atoms with E-state index < -0.39 is 30.0 Å². The van der Waals surface area contributed by atoms with Gasteiger partial charge < -0.3 is 16.4 Å². The lowest BCUT2D eigenvalue weighted by Gasteiger charge is -2.33. The highest BCUT2D eigenvalue weighted by atomic mass is 19.4. The van der Waals surface area contributed by atoms with Crippen LogP contribution in [0.25, 0.3) is 0 Å². The minimum absolute atomic E-state index is 0.0314. The number of halogens is 3. The molecule has 0 aromatic carbocycles. The molecule has 5 nitrogen and oxygen atoms in total. The minimum atomic E-state index is -4.31. The lowest BCUT2D eigenvalue weighted by Crippen LogP contribution is -2.50. The molecule has 110 valence electrons. The Hall–Kier alpha value is -1.31. The van der Waals surface area contributed by atoms with E-state index in [1.807, 2.05) is 0 Å². The van der Waals surface area contributed by atoms with Crippen LogP contribution >= 0.6 is 0 Å². The lowest BCUT2D eigenvalue weighted by atomic mass is 9.84. The molecule has 0 saturated heterocycles. The van der Waals surface area contributed by atoms with Gasteiger partial charge in [-0.3, -0.25) is 9.59 Å². The smallest absolute Gasteiger partial charge is 0.351 e. The first kappa shape index (κ1) is 15.7. The van der Waals surface area contributed by atoms with Crippen molar-refractivity contribution in [2.24, 2.45) is 11.7 Å². The van der Waals surface area contributed by atoms with Gasteiger partial charge in [-0.2, -0.15) is 13.2 Å². The molecule has 1 saturated carbocycles. The molecule has 19 heavy (non-hydrogen) atoms. The summed E-state index contributed by atoms with van der Waals surface area (Å²) in [5, 5.41) is 4.56. The fourth-order valence-corrected chi connectivity index (χ4v) is 2.20. The molecule has 0 spiro atoms. The Morgan fingerprint density at radius 3 is 2.37 bits per heavy atom. The fourth-order valence-electron chi connectivity index (χ4n) is 2.20. The first-order valence-electron chi connectivity index (χ1n) is 6.17. The summed E-state index contributed by atoms with van der Waals surface area (Å²) in [4.78, 5) is 22.3. The molecule has 2 unspecified atom stereocenters. The van der Waals surface area contributed by atoms with Crippen molar-refractivity contribution in [3.8, 4) is 0 Å². The van der Waals surface area contributed by atoms with Gasteiger partial charge in [-0.25, -0.2) is 0 Å². The van der Waals surface area contributed by atoms with Crippen LogP contribution in [0.15, 0.2) is 0 Å². The highest BCUT2D eigenvalue weighted by molar-refractivity contribution is 5.85. The molecule has 0 radical (unpaired) electrons. The molecule has 1 aliphatic rings. The second-order valence-electron chi connectivity index (χ2n) is 4.59. The summed E-state index contributed by atoms with van der Waals surface area (Å²) >= 11 is 0. The average molecular weight is 281 g/mol. The Kier molecular flexibility index (Phi) is 5.59. The molecule has 0 aromatic rings. The second-order valence-corrected chi connectivity index (χ2v) is 4.59. The standard InChI is InChI=1S/C11H18F3N3O2/c12-11(13,14)7-3-1-2-4-8(7)17-10(19)6-16-9(18)5-15/h7-8H,1-6,15H2,(H,16,18)(H,17,19). The molecule has 2 amide bonds. The van der Waals surface area contributed by atoms with Crippen molar-refractivity contribution in [2.75, 3.05) is 13.1 Å². The summed E-state index contributed by atoms with van der Waals surface area (Å²) in [6, 6.07) is -0.906. The summed E-state index contributed by atoms with van der Waals surface area (Å²) in [5.74, 6) is -2.65. The Morgan fingerprint density at radius 1 is 1.16 bits per heavy atom. The van der Waals surface area contributed by atoms with Crippen LogP contribution in [0.1, 0.15) is 25.7 Å². The number of hydrogen-bond donors (Lipinski definition) is 3. The van der Waals surface area contributed by atoms with Gasteiger partial charge in [0.05, 0.1) is 19.0 Å². The van der Waals surface area contributed by atoms with E-state index in [2.05, 4.69) is 10.6 Å². The van der Waals surface area contributed by atoms with E-state index in [0.717, 1.165) is 0 Å². The summed E-state index contributed by atoms with van der Waals surface area (Å²) in [6.07, 6.45) is -2.80. The molecular formula is C11H18F3N3O2. The van der Waals surface area contributed by atoms with Crippen LogP contribution in [-0.2, 0) is 9.59 Å². The third-order valence-electron chi connectivity index (χ3n) is 3.16. The van der Waals surface area contributed by atoms with Gasteiger partial charge in [-0.1, -0.05) is 12.8 Å². The normalized spacial score (nSPS) is 23.8. The van der Waals surface area contributed by atoms with Gasteiger partial charge in [0.1, 0.15) is 0 Å². The van der Waals surface area contributed by atoms with E-state index in [9.17, 15) is 22.8 Å². The molecule has 0 heterocycles. The maximum atomic E-state index is 12.8. The van der Waals surface area contributed by atoms with E-state index in [4.69, 9.17) is 5.73 Å². The SMILES string of the molecule is NCC(=O)NCC(=O)NC1CCCCC1C(F)(F)F. The Morgan fingerprint density at radius 2 is 1.79 bits per heavy atom.